The maximum Gasteiger partial charge on any atom is 0.227 e. The predicted octanol–water partition coefficient (Wildman–Crippen LogP) is 0.913. The summed E-state index contributed by atoms with van der Waals surface area (Å²) in [5.41, 5.74) is 1.00. The fourth-order valence-corrected chi connectivity index (χ4v) is 2.27. The number of benzene rings is 1. The first kappa shape index (κ1) is 12.7. The van der Waals surface area contributed by atoms with Gasteiger partial charge in [-0.15, -0.1) is 5.10 Å². The first-order valence-electron chi connectivity index (χ1n) is 6.53. The Morgan fingerprint density at radius 2 is 2.10 bits per heavy atom. The Hall–Kier alpha value is -2.37. The minimum atomic E-state index is 0.145. The average molecular weight is 272 g/mol. The quantitative estimate of drug-likeness (QED) is 0.830. The van der Waals surface area contributed by atoms with Crippen LogP contribution in [0.25, 0.3) is 0 Å². The van der Waals surface area contributed by atoms with Gasteiger partial charge in [0.05, 0.1) is 25.8 Å². The summed E-state index contributed by atoms with van der Waals surface area (Å²) in [4.78, 5) is 14.0. The minimum Gasteiger partial charge on any atom is -0.497 e. The maximum atomic E-state index is 12.1. The van der Waals surface area contributed by atoms with Crippen LogP contribution in [0.3, 0.4) is 0 Å². The predicted molar refractivity (Wildman–Crippen MR) is 72.3 cm³/mol. The van der Waals surface area contributed by atoms with Gasteiger partial charge in [0.15, 0.2) is 0 Å². The monoisotopic (exact) mass is 272 g/mol. The van der Waals surface area contributed by atoms with E-state index in [-0.39, 0.29) is 11.9 Å². The van der Waals surface area contributed by atoms with Gasteiger partial charge >= 0.3 is 0 Å². The van der Waals surface area contributed by atoms with Gasteiger partial charge in [-0.25, -0.2) is 4.68 Å². The Bertz CT molecular complexity index is 574. The third-order valence-electron chi connectivity index (χ3n) is 3.54. The number of methoxy groups -OCH3 is 1. The molecular weight excluding hydrogens is 256 g/mol. The highest BCUT2D eigenvalue weighted by Gasteiger charge is 2.32. The fraction of sp³-hybridized carbons (Fsp3) is 0.357. The SMILES string of the molecule is COc1ccc(CC(=O)N2CC(n3ccnn3)C2)cc1. The Morgan fingerprint density at radius 1 is 1.35 bits per heavy atom. The van der Waals surface area contributed by atoms with Gasteiger partial charge in [-0.2, -0.15) is 0 Å². The zero-order chi connectivity index (χ0) is 13.9. The van der Waals surface area contributed by atoms with Crippen LogP contribution in [0.5, 0.6) is 5.75 Å². The van der Waals surface area contributed by atoms with E-state index in [1.165, 1.54) is 0 Å². The van der Waals surface area contributed by atoms with E-state index in [0.29, 0.717) is 19.5 Å². The number of carbonyl (C=O) groups excluding carboxylic acids is 1. The van der Waals surface area contributed by atoms with Crippen LogP contribution in [0.15, 0.2) is 36.7 Å². The second kappa shape index (κ2) is 5.32. The van der Waals surface area contributed by atoms with Gasteiger partial charge in [-0.3, -0.25) is 4.79 Å². The summed E-state index contributed by atoms with van der Waals surface area (Å²) in [6.45, 7) is 1.41. The van der Waals surface area contributed by atoms with Crippen LogP contribution in [0.2, 0.25) is 0 Å². The van der Waals surface area contributed by atoms with E-state index in [9.17, 15) is 4.79 Å². The van der Waals surface area contributed by atoms with Gasteiger partial charge in [0.1, 0.15) is 5.75 Å². The van der Waals surface area contributed by atoms with E-state index in [1.54, 1.807) is 18.0 Å². The van der Waals surface area contributed by atoms with Crippen LogP contribution in [0.4, 0.5) is 0 Å². The van der Waals surface area contributed by atoms with Crippen molar-refractivity contribution in [2.45, 2.75) is 12.5 Å². The van der Waals surface area contributed by atoms with E-state index < -0.39 is 0 Å². The van der Waals surface area contributed by atoms with Crippen molar-refractivity contribution in [3.05, 3.63) is 42.2 Å². The summed E-state index contributed by atoms with van der Waals surface area (Å²) < 4.78 is 6.90. The number of carbonyl (C=O) groups is 1. The van der Waals surface area contributed by atoms with Gasteiger partial charge in [0.25, 0.3) is 0 Å². The standard InChI is InChI=1S/C14H16N4O2/c1-20-13-4-2-11(3-5-13)8-14(19)17-9-12(10-17)18-7-6-15-16-18/h2-7,12H,8-10H2,1H3. The van der Waals surface area contributed by atoms with Crippen molar-refractivity contribution in [1.29, 1.82) is 0 Å². The molecule has 1 aromatic carbocycles. The van der Waals surface area contributed by atoms with Crippen molar-refractivity contribution in [3.8, 4) is 5.75 Å². The molecule has 0 radical (unpaired) electrons. The highest BCUT2D eigenvalue weighted by atomic mass is 16.5. The van der Waals surface area contributed by atoms with Crippen molar-refractivity contribution in [2.75, 3.05) is 20.2 Å². The minimum absolute atomic E-state index is 0.145. The molecule has 3 rings (SSSR count). The Kier molecular flexibility index (Phi) is 3.37. The summed E-state index contributed by atoms with van der Waals surface area (Å²) >= 11 is 0. The number of likely N-dealkylation sites (tertiary alicyclic amines) is 1. The molecule has 0 N–H and O–H groups in total. The van der Waals surface area contributed by atoms with Crippen molar-refractivity contribution in [2.24, 2.45) is 0 Å². The third-order valence-corrected chi connectivity index (χ3v) is 3.54. The fourth-order valence-electron chi connectivity index (χ4n) is 2.27. The summed E-state index contributed by atoms with van der Waals surface area (Å²) in [5.74, 6) is 0.947. The van der Waals surface area contributed by atoms with Crippen LogP contribution in [-0.4, -0.2) is 46.0 Å². The van der Waals surface area contributed by atoms with E-state index >= 15 is 0 Å². The van der Waals surface area contributed by atoms with Crippen LogP contribution in [0.1, 0.15) is 11.6 Å². The third kappa shape index (κ3) is 2.49. The Labute approximate surface area is 117 Å². The van der Waals surface area contributed by atoms with Gasteiger partial charge in [0, 0.05) is 19.3 Å². The lowest BCUT2D eigenvalue weighted by Crippen LogP contribution is -2.51. The van der Waals surface area contributed by atoms with E-state index in [2.05, 4.69) is 10.3 Å². The zero-order valence-electron chi connectivity index (χ0n) is 11.3. The number of aromatic nitrogens is 3. The van der Waals surface area contributed by atoms with Gasteiger partial charge < -0.3 is 9.64 Å². The second-order valence-electron chi connectivity index (χ2n) is 4.86. The molecule has 1 aliphatic heterocycles. The Balaban J connectivity index is 1.53. The summed E-state index contributed by atoms with van der Waals surface area (Å²) in [6.07, 6.45) is 3.91. The molecule has 0 unspecified atom stereocenters. The number of hydrogen-bond acceptors (Lipinski definition) is 4. The lowest BCUT2D eigenvalue weighted by Gasteiger charge is -2.38. The number of ether oxygens (including phenoxy) is 1. The second-order valence-corrected chi connectivity index (χ2v) is 4.86. The molecule has 1 aliphatic rings. The molecule has 2 heterocycles. The number of amides is 1. The summed E-state index contributed by atoms with van der Waals surface area (Å²) in [7, 11) is 1.63. The normalized spacial score (nSPS) is 14.9. The van der Waals surface area contributed by atoms with E-state index in [4.69, 9.17) is 4.74 Å². The topological polar surface area (TPSA) is 60.2 Å². The molecule has 0 saturated carbocycles. The average Bonchev–Trinajstić information content (AvgIpc) is 2.91. The Morgan fingerprint density at radius 3 is 2.70 bits per heavy atom. The summed E-state index contributed by atoms with van der Waals surface area (Å²) in [6, 6.07) is 7.85. The molecule has 1 fully saturated rings. The highest BCUT2D eigenvalue weighted by molar-refractivity contribution is 5.79. The number of rotatable bonds is 4. The van der Waals surface area contributed by atoms with Crippen molar-refractivity contribution in [1.82, 2.24) is 19.9 Å². The van der Waals surface area contributed by atoms with Crippen molar-refractivity contribution < 1.29 is 9.53 Å². The molecule has 0 atom stereocenters. The van der Waals surface area contributed by atoms with Gasteiger partial charge in [0.2, 0.25) is 5.91 Å². The molecule has 1 saturated heterocycles. The largest absolute Gasteiger partial charge is 0.497 e. The van der Waals surface area contributed by atoms with E-state index in [1.807, 2.05) is 35.4 Å². The van der Waals surface area contributed by atoms with Gasteiger partial charge in [-0.05, 0) is 17.7 Å². The molecule has 1 amide bonds. The number of nitrogens with zero attached hydrogens (tertiary/aromatic N) is 4. The smallest absolute Gasteiger partial charge is 0.227 e. The van der Waals surface area contributed by atoms with Crippen LogP contribution < -0.4 is 4.74 Å². The lowest BCUT2D eigenvalue weighted by atomic mass is 10.1. The van der Waals surface area contributed by atoms with Gasteiger partial charge in [-0.1, -0.05) is 17.3 Å². The van der Waals surface area contributed by atoms with Crippen LogP contribution in [-0.2, 0) is 11.2 Å². The maximum absolute atomic E-state index is 12.1. The zero-order valence-corrected chi connectivity index (χ0v) is 11.3. The molecular formula is C14H16N4O2. The van der Waals surface area contributed by atoms with E-state index in [0.717, 1.165) is 11.3 Å². The molecule has 104 valence electrons. The van der Waals surface area contributed by atoms with Crippen LogP contribution in [0, 0.1) is 0 Å². The van der Waals surface area contributed by atoms with Crippen molar-refractivity contribution in [3.63, 3.8) is 0 Å². The molecule has 6 nitrogen and oxygen atoms in total. The molecule has 6 heteroatoms. The molecule has 0 aliphatic carbocycles. The molecule has 2 aromatic rings. The molecule has 0 bridgehead atoms. The first-order chi connectivity index (χ1) is 9.76. The molecule has 0 spiro atoms. The van der Waals surface area contributed by atoms with Crippen LogP contribution >= 0.6 is 0 Å². The summed E-state index contributed by atoms with van der Waals surface area (Å²) in [5, 5.41) is 7.73. The highest BCUT2D eigenvalue weighted by Crippen LogP contribution is 2.21. The molecule has 1 aromatic heterocycles. The lowest BCUT2D eigenvalue weighted by molar-refractivity contribution is -0.136. The first-order valence-corrected chi connectivity index (χ1v) is 6.53. The molecule has 20 heavy (non-hydrogen) atoms. The number of hydrogen-bond donors (Lipinski definition) is 0. The van der Waals surface area contributed by atoms with Crippen molar-refractivity contribution >= 4 is 5.91 Å².